The highest BCUT2D eigenvalue weighted by Crippen LogP contribution is 2.33. The Bertz CT molecular complexity index is 813. The van der Waals surface area contributed by atoms with Gasteiger partial charge in [-0.2, -0.15) is 22.0 Å². The number of methoxy groups -OCH3 is 1. The van der Waals surface area contributed by atoms with Crippen molar-refractivity contribution < 1.29 is 36.2 Å². The number of para-hydroxylation sites is 1. The molecule has 0 unspecified atom stereocenters. The smallest absolute Gasteiger partial charge is 0.416 e. The normalized spacial score (nSPS) is 11.8. The zero-order valence-corrected chi connectivity index (χ0v) is 13.4. The van der Waals surface area contributed by atoms with Gasteiger partial charge in [0.25, 0.3) is 0 Å². The van der Waals surface area contributed by atoms with Crippen LogP contribution in [0.5, 0.6) is 11.5 Å². The molecule has 0 aliphatic heterocycles. The fourth-order valence-electron chi connectivity index (χ4n) is 2.15. The zero-order valence-electron chi connectivity index (χ0n) is 13.4. The van der Waals surface area contributed by atoms with Crippen molar-refractivity contribution >= 4 is 11.9 Å². The number of carbonyl (C=O) groups excluding carboxylic acids is 1. The quantitative estimate of drug-likeness (QED) is 0.397. The fraction of sp³-hybridized carbons (Fsp3) is 0.167. The molecule has 0 amide bonds. The van der Waals surface area contributed by atoms with Gasteiger partial charge in [-0.25, -0.2) is 0 Å². The van der Waals surface area contributed by atoms with E-state index in [-0.39, 0.29) is 22.6 Å². The molecule has 0 N–H and O–H groups in total. The second-order valence-electron chi connectivity index (χ2n) is 5.03. The maximum Gasteiger partial charge on any atom is 0.416 e. The molecule has 0 aliphatic rings. The summed E-state index contributed by atoms with van der Waals surface area (Å²) < 4.78 is 72.6. The molecule has 0 saturated heterocycles. The number of benzene rings is 2. The molecule has 0 spiro atoms. The molecule has 0 heterocycles. The SMILES string of the molecule is COc1cccc(/C=C/C(=O)c2cccc(C(F)(F)F)c2)c1OC(F)F. The minimum Gasteiger partial charge on any atom is -0.493 e. The number of carbonyl (C=O) groups is 1. The molecule has 0 fully saturated rings. The lowest BCUT2D eigenvalue weighted by Crippen LogP contribution is -2.06. The average molecular weight is 372 g/mol. The van der Waals surface area contributed by atoms with Gasteiger partial charge in [-0.05, 0) is 30.4 Å². The highest BCUT2D eigenvalue weighted by Gasteiger charge is 2.30. The van der Waals surface area contributed by atoms with Gasteiger partial charge in [0.05, 0.1) is 12.7 Å². The number of hydrogen-bond donors (Lipinski definition) is 0. The first-order chi connectivity index (χ1) is 12.2. The van der Waals surface area contributed by atoms with Crippen molar-refractivity contribution in [2.24, 2.45) is 0 Å². The number of rotatable bonds is 6. The number of halogens is 5. The molecule has 0 bridgehead atoms. The largest absolute Gasteiger partial charge is 0.493 e. The number of ketones is 1. The fourth-order valence-corrected chi connectivity index (χ4v) is 2.15. The van der Waals surface area contributed by atoms with Crippen LogP contribution in [0.2, 0.25) is 0 Å². The monoisotopic (exact) mass is 372 g/mol. The Morgan fingerprint density at radius 1 is 1.12 bits per heavy atom. The molecule has 0 radical (unpaired) electrons. The van der Waals surface area contributed by atoms with Crippen molar-refractivity contribution in [1.82, 2.24) is 0 Å². The molecule has 3 nitrogen and oxygen atoms in total. The van der Waals surface area contributed by atoms with E-state index in [4.69, 9.17) is 4.74 Å². The second kappa shape index (κ2) is 7.99. The van der Waals surface area contributed by atoms with Crippen LogP contribution in [-0.4, -0.2) is 19.5 Å². The number of allylic oxidation sites excluding steroid dienone is 1. The van der Waals surface area contributed by atoms with Crippen LogP contribution < -0.4 is 9.47 Å². The Morgan fingerprint density at radius 3 is 2.42 bits per heavy atom. The summed E-state index contributed by atoms with van der Waals surface area (Å²) in [6.45, 7) is -3.11. The van der Waals surface area contributed by atoms with Crippen LogP contribution >= 0.6 is 0 Å². The zero-order chi connectivity index (χ0) is 19.3. The van der Waals surface area contributed by atoms with Gasteiger partial charge >= 0.3 is 12.8 Å². The molecule has 0 atom stereocenters. The van der Waals surface area contributed by atoms with Crippen molar-refractivity contribution in [3.05, 3.63) is 65.2 Å². The Labute approximate surface area is 145 Å². The predicted molar refractivity (Wildman–Crippen MR) is 84.4 cm³/mol. The Balaban J connectivity index is 2.31. The van der Waals surface area contributed by atoms with Crippen LogP contribution in [0.25, 0.3) is 6.08 Å². The summed E-state index contributed by atoms with van der Waals surface area (Å²) in [4.78, 5) is 12.1. The van der Waals surface area contributed by atoms with Gasteiger partial charge < -0.3 is 9.47 Å². The first-order valence-corrected chi connectivity index (χ1v) is 7.24. The van der Waals surface area contributed by atoms with Gasteiger partial charge in [0.15, 0.2) is 17.3 Å². The Kier molecular flexibility index (Phi) is 5.97. The Morgan fingerprint density at radius 2 is 1.81 bits per heavy atom. The Hall–Kier alpha value is -2.90. The standard InChI is InChI=1S/C18H13F5O3/c1-25-15-7-3-4-11(16(15)26-17(19)20)8-9-14(24)12-5-2-6-13(10-12)18(21,22)23/h2-10,17H,1H3/b9-8+. The summed E-state index contributed by atoms with van der Waals surface area (Å²) >= 11 is 0. The molecule has 138 valence electrons. The third kappa shape index (κ3) is 4.81. The summed E-state index contributed by atoms with van der Waals surface area (Å²) in [5.74, 6) is -0.973. The van der Waals surface area contributed by atoms with Crippen molar-refractivity contribution in [3.8, 4) is 11.5 Å². The molecule has 2 aromatic carbocycles. The summed E-state index contributed by atoms with van der Waals surface area (Å²) in [5, 5.41) is 0. The van der Waals surface area contributed by atoms with Crippen molar-refractivity contribution in [2.45, 2.75) is 12.8 Å². The molecule has 2 rings (SSSR count). The average Bonchev–Trinajstić information content (AvgIpc) is 2.59. The van der Waals surface area contributed by atoms with E-state index >= 15 is 0 Å². The van der Waals surface area contributed by atoms with E-state index in [1.807, 2.05) is 0 Å². The van der Waals surface area contributed by atoms with Crippen LogP contribution in [0.15, 0.2) is 48.5 Å². The minimum absolute atomic E-state index is 0.0268. The maximum atomic E-state index is 12.7. The van der Waals surface area contributed by atoms with Gasteiger partial charge in [0.2, 0.25) is 0 Å². The molecule has 26 heavy (non-hydrogen) atoms. The maximum absolute atomic E-state index is 12.7. The number of hydrogen-bond acceptors (Lipinski definition) is 3. The van der Waals surface area contributed by atoms with E-state index in [1.165, 1.54) is 37.5 Å². The van der Waals surface area contributed by atoms with Crippen molar-refractivity contribution in [3.63, 3.8) is 0 Å². The number of ether oxygens (including phenoxy) is 2. The van der Waals surface area contributed by atoms with Crippen LogP contribution in [-0.2, 0) is 6.18 Å². The summed E-state index contributed by atoms with van der Waals surface area (Å²) in [6.07, 6.45) is -2.43. The molecule has 0 aromatic heterocycles. The van der Waals surface area contributed by atoms with Gasteiger partial charge in [0, 0.05) is 11.1 Å². The second-order valence-corrected chi connectivity index (χ2v) is 5.03. The summed E-state index contributed by atoms with van der Waals surface area (Å²) in [5.41, 5.74) is -1.03. The van der Waals surface area contributed by atoms with E-state index in [0.717, 1.165) is 24.3 Å². The van der Waals surface area contributed by atoms with Gasteiger partial charge in [-0.1, -0.05) is 24.3 Å². The summed E-state index contributed by atoms with van der Waals surface area (Å²) in [6, 6.07) is 8.18. The third-order valence-corrected chi connectivity index (χ3v) is 3.32. The first kappa shape index (κ1) is 19.4. The molecule has 8 heteroatoms. The lowest BCUT2D eigenvalue weighted by atomic mass is 10.1. The van der Waals surface area contributed by atoms with Gasteiger partial charge in [-0.15, -0.1) is 0 Å². The highest BCUT2D eigenvalue weighted by atomic mass is 19.4. The lowest BCUT2D eigenvalue weighted by Gasteiger charge is -2.12. The first-order valence-electron chi connectivity index (χ1n) is 7.24. The van der Waals surface area contributed by atoms with Crippen molar-refractivity contribution in [1.29, 1.82) is 0 Å². The van der Waals surface area contributed by atoms with E-state index in [0.29, 0.717) is 0 Å². The van der Waals surface area contributed by atoms with E-state index in [9.17, 15) is 26.7 Å². The van der Waals surface area contributed by atoms with Gasteiger partial charge in [0.1, 0.15) is 0 Å². The van der Waals surface area contributed by atoms with Crippen LogP contribution in [0.4, 0.5) is 22.0 Å². The minimum atomic E-state index is -4.58. The molecule has 0 saturated carbocycles. The third-order valence-electron chi connectivity index (χ3n) is 3.32. The van der Waals surface area contributed by atoms with Crippen LogP contribution in [0.1, 0.15) is 21.5 Å². The lowest BCUT2D eigenvalue weighted by molar-refractivity contribution is -0.137. The number of alkyl halides is 5. The van der Waals surface area contributed by atoms with Crippen LogP contribution in [0, 0.1) is 0 Å². The van der Waals surface area contributed by atoms with E-state index < -0.39 is 24.1 Å². The molecule has 0 aliphatic carbocycles. The van der Waals surface area contributed by atoms with Crippen molar-refractivity contribution in [2.75, 3.05) is 7.11 Å². The summed E-state index contributed by atoms with van der Waals surface area (Å²) in [7, 11) is 1.26. The molecule has 2 aromatic rings. The predicted octanol–water partition coefficient (Wildman–Crippen LogP) is 5.21. The van der Waals surface area contributed by atoms with Crippen LogP contribution in [0.3, 0.4) is 0 Å². The van der Waals surface area contributed by atoms with Gasteiger partial charge in [-0.3, -0.25) is 4.79 Å². The molecular formula is C18H13F5O3. The van der Waals surface area contributed by atoms with E-state index in [1.54, 1.807) is 0 Å². The topological polar surface area (TPSA) is 35.5 Å². The molecular weight excluding hydrogens is 359 g/mol. The van der Waals surface area contributed by atoms with E-state index in [2.05, 4.69) is 4.74 Å². The highest BCUT2D eigenvalue weighted by molar-refractivity contribution is 6.07.